The van der Waals surface area contributed by atoms with Crippen molar-refractivity contribution in [1.82, 2.24) is 10.6 Å². The van der Waals surface area contributed by atoms with Crippen molar-refractivity contribution in [1.29, 1.82) is 0 Å². The van der Waals surface area contributed by atoms with E-state index in [9.17, 15) is 8.42 Å². The summed E-state index contributed by atoms with van der Waals surface area (Å²) < 4.78 is 27.9. The third kappa shape index (κ3) is 8.22. The van der Waals surface area contributed by atoms with E-state index in [-0.39, 0.29) is 35.8 Å². The average molecular weight is 519 g/mol. The zero-order valence-corrected chi connectivity index (χ0v) is 20.0. The van der Waals surface area contributed by atoms with Crippen molar-refractivity contribution in [3.8, 4) is 5.75 Å². The van der Waals surface area contributed by atoms with E-state index < -0.39 is 9.84 Å². The Balaban J connectivity index is 0.00000392. The number of ether oxygens (including phenoxy) is 1. The number of aliphatic imine (C=N–C) groups is 1. The van der Waals surface area contributed by atoms with Gasteiger partial charge in [0.2, 0.25) is 0 Å². The first-order valence-electron chi connectivity index (χ1n) is 9.10. The molecular formula is C20H30IN3O3S. The number of methoxy groups -OCH3 is 1. The minimum absolute atomic E-state index is 0. The predicted octanol–water partition coefficient (Wildman–Crippen LogP) is 3.34. The number of hydrogen-bond donors (Lipinski definition) is 2. The molecule has 0 bridgehead atoms. The summed E-state index contributed by atoms with van der Waals surface area (Å²) in [5.74, 6) is 1.69. The lowest BCUT2D eigenvalue weighted by Gasteiger charge is -2.17. The Bertz CT molecular complexity index is 901. The molecule has 0 fully saturated rings. The van der Waals surface area contributed by atoms with Crippen molar-refractivity contribution < 1.29 is 13.2 Å². The van der Waals surface area contributed by atoms with Crippen molar-refractivity contribution in [3.05, 3.63) is 42.0 Å². The van der Waals surface area contributed by atoms with Gasteiger partial charge in [0.1, 0.15) is 15.6 Å². The molecule has 1 atom stereocenters. The zero-order chi connectivity index (χ0) is 19.9. The molecule has 28 heavy (non-hydrogen) atoms. The fraction of sp³-hybridized carbons (Fsp3) is 0.450. The van der Waals surface area contributed by atoms with E-state index in [2.05, 4.69) is 33.8 Å². The molecule has 0 spiro atoms. The summed E-state index contributed by atoms with van der Waals surface area (Å²) >= 11 is 0. The van der Waals surface area contributed by atoms with E-state index in [0.29, 0.717) is 18.9 Å². The van der Waals surface area contributed by atoms with E-state index in [1.54, 1.807) is 7.11 Å². The molecule has 2 rings (SSSR count). The summed E-state index contributed by atoms with van der Waals surface area (Å²) in [5.41, 5.74) is 1.11. The van der Waals surface area contributed by atoms with Crippen molar-refractivity contribution >= 4 is 50.5 Å². The first-order chi connectivity index (χ1) is 12.8. The quantitative estimate of drug-likeness (QED) is 0.318. The van der Waals surface area contributed by atoms with E-state index in [0.717, 1.165) is 28.6 Å². The Kier molecular flexibility index (Phi) is 10.0. The largest absolute Gasteiger partial charge is 0.497 e. The van der Waals surface area contributed by atoms with E-state index >= 15 is 0 Å². The third-order valence-electron chi connectivity index (χ3n) is 4.18. The summed E-state index contributed by atoms with van der Waals surface area (Å²) in [7, 11) is -1.29. The predicted molar refractivity (Wildman–Crippen MR) is 128 cm³/mol. The van der Waals surface area contributed by atoms with Crippen LogP contribution in [0.2, 0.25) is 0 Å². The molecule has 1 unspecified atom stereocenters. The normalized spacial score (nSPS) is 12.9. The van der Waals surface area contributed by atoms with Gasteiger partial charge < -0.3 is 15.4 Å². The van der Waals surface area contributed by atoms with Crippen LogP contribution in [0.5, 0.6) is 5.75 Å². The summed E-state index contributed by atoms with van der Waals surface area (Å²) in [6.45, 7) is 5.24. The van der Waals surface area contributed by atoms with Crippen molar-refractivity contribution in [2.24, 2.45) is 4.99 Å². The maximum absolute atomic E-state index is 11.3. The fourth-order valence-corrected chi connectivity index (χ4v) is 3.47. The Morgan fingerprint density at radius 1 is 1.18 bits per heavy atom. The Morgan fingerprint density at radius 2 is 1.86 bits per heavy atom. The SMILES string of the molecule is CCNC(=NCc1ccc2cc(OC)ccc2c1)NC(C)CCS(C)(=O)=O.I. The maximum atomic E-state index is 11.3. The highest BCUT2D eigenvalue weighted by Gasteiger charge is 2.09. The van der Waals surface area contributed by atoms with Crippen molar-refractivity contribution in [3.63, 3.8) is 0 Å². The second-order valence-corrected chi connectivity index (χ2v) is 8.97. The number of benzene rings is 2. The van der Waals surface area contributed by atoms with Crippen LogP contribution in [0.3, 0.4) is 0 Å². The molecule has 0 saturated carbocycles. The van der Waals surface area contributed by atoms with Gasteiger partial charge in [-0.25, -0.2) is 13.4 Å². The lowest BCUT2D eigenvalue weighted by molar-refractivity contribution is 0.415. The molecule has 2 N–H and O–H groups in total. The smallest absolute Gasteiger partial charge is 0.191 e. The molecule has 0 amide bonds. The second kappa shape index (κ2) is 11.5. The van der Waals surface area contributed by atoms with Gasteiger partial charge in [-0.15, -0.1) is 24.0 Å². The number of nitrogens with zero attached hydrogens (tertiary/aromatic N) is 1. The maximum Gasteiger partial charge on any atom is 0.191 e. The highest BCUT2D eigenvalue weighted by molar-refractivity contribution is 14.0. The van der Waals surface area contributed by atoms with Gasteiger partial charge in [-0.1, -0.05) is 18.2 Å². The standard InChI is InChI=1S/C20H29N3O3S.HI/c1-5-21-20(23-15(2)10-11-27(4,24)25)22-14-16-6-7-18-13-19(26-3)9-8-17(18)12-16;/h6-9,12-13,15H,5,10-11,14H2,1-4H3,(H2,21,22,23);1H. The molecule has 2 aromatic carbocycles. The van der Waals surface area contributed by atoms with Crippen LogP contribution in [0.15, 0.2) is 41.4 Å². The third-order valence-corrected chi connectivity index (χ3v) is 5.16. The van der Waals surface area contributed by atoms with E-state index in [1.807, 2.05) is 32.0 Å². The number of halogens is 1. The monoisotopic (exact) mass is 519 g/mol. The summed E-state index contributed by atoms with van der Waals surface area (Å²) in [5, 5.41) is 8.74. The van der Waals surface area contributed by atoms with Crippen molar-refractivity contribution in [2.45, 2.75) is 32.9 Å². The number of fused-ring (bicyclic) bond motifs is 1. The molecule has 2 aromatic rings. The molecule has 8 heteroatoms. The summed E-state index contributed by atoms with van der Waals surface area (Å²) in [4.78, 5) is 4.63. The molecule has 0 aliphatic heterocycles. The van der Waals surface area contributed by atoms with Gasteiger partial charge in [0.05, 0.1) is 19.4 Å². The number of guanidine groups is 1. The Labute approximate surface area is 185 Å². The van der Waals surface area contributed by atoms with Gasteiger partial charge in [0.25, 0.3) is 0 Å². The van der Waals surface area contributed by atoms with Crippen LogP contribution in [-0.2, 0) is 16.4 Å². The highest BCUT2D eigenvalue weighted by atomic mass is 127. The average Bonchev–Trinajstić information content (AvgIpc) is 2.63. The zero-order valence-electron chi connectivity index (χ0n) is 16.9. The van der Waals surface area contributed by atoms with Crippen LogP contribution in [-0.4, -0.2) is 46.1 Å². The molecule has 0 aliphatic rings. The molecule has 0 aliphatic carbocycles. The lowest BCUT2D eigenvalue weighted by Crippen LogP contribution is -2.42. The summed E-state index contributed by atoms with van der Waals surface area (Å²) in [6, 6.07) is 12.3. The Morgan fingerprint density at radius 3 is 2.50 bits per heavy atom. The molecule has 0 saturated heterocycles. The first kappa shape index (κ1) is 24.5. The van der Waals surface area contributed by atoms with E-state index in [1.165, 1.54) is 6.26 Å². The first-order valence-corrected chi connectivity index (χ1v) is 11.2. The number of nitrogens with one attached hydrogen (secondary N) is 2. The van der Waals surface area contributed by atoms with Crippen LogP contribution in [0.4, 0.5) is 0 Å². The minimum atomic E-state index is -2.96. The van der Waals surface area contributed by atoms with Gasteiger partial charge in [0.15, 0.2) is 5.96 Å². The molecule has 0 radical (unpaired) electrons. The van der Waals surface area contributed by atoms with E-state index in [4.69, 9.17) is 4.74 Å². The molecular weight excluding hydrogens is 489 g/mol. The number of rotatable bonds is 8. The van der Waals surface area contributed by atoms with Crippen molar-refractivity contribution in [2.75, 3.05) is 25.7 Å². The highest BCUT2D eigenvalue weighted by Crippen LogP contribution is 2.22. The minimum Gasteiger partial charge on any atom is -0.497 e. The number of hydrogen-bond acceptors (Lipinski definition) is 4. The van der Waals surface area contributed by atoms with Crippen LogP contribution >= 0.6 is 24.0 Å². The van der Waals surface area contributed by atoms with Gasteiger partial charge in [-0.2, -0.15) is 0 Å². The molecule has 0 aromatic heterocycles. The van der Waals surface area contributed by atoms with Gasteiger partial charge in [-0.3, -0.25) is 0 Å². The topological polar surface area (TPSA) is 79.8 Å². The second-order valence-electron chi connectivity index (χ2n) is 6.71. The van der Waals surface area contributed by atoms with Crippen LogP contribution in [0, 0.1) is 0 Å². The van der Waals surface area contributed by atoms with Gasteiger partial charge in [0, 0.05) is 18.8 Å². The Hall–Kier alpha value is -1.55. The lowest BCUT2D eigenvalue weighted by atomic mass is 10.1. The van der Waals surface area contributed by atoms with Crippen LogP contribution in [0.1, 0.15) is 25.8 Å². The molecule has 0 heterocycles. The molecule has 156 valence electrons. The van der Waals surface area contributed by atoms with Gasteiger partial charge in [-0.05, 0) is 54.8 Å². The van der Waals surface area contributed by atoms with Crippen LogP contribution in [0.25, 0.3) is 10.8 Å². The fourth-order valence-electron chi connectivity index (χ4n) is 2.69. The molecule has 6 nitrogen and oxygen atoms in total. The van der Waals surface area contributed by atoms with Crippen LogP contribution < -0.4 is 15.4 Å². The number of sulfone groups is 1. The summed E-state index contributed by atoms with van der Waals surface area (Å²) in [6.07, 6.45) is 1.80. The van der Waals surface area contributed by atoms with Gasteiger partial charge >= 0.3 is 0 Å².